The Morgan fingerprint density at radius 3 is 2.38 bits per heavy atom. The molecule has 0 saturated heterocycles. The zero-order valence-corrected chi connectivity index (χ0v) is 12.8. The number of rotatable bonds is 7. The number of anilines is 1. The highest BCUT2D eigenvalue weighted by molar-refractivity contribution is 5.56. The average molecular weight is 284 g/mol. The van der Waals surface area contributed by atoms with Crippen molar-refractivity contribution in [3.8, 4) is 5.75 Å². The molecule has 3 nitrogen and oxygen atoms in total. The summed E-state index contributed by atoms with van der Waals surface area (Å²) in [5.41, 5.74) is 8.28. The number of benzene rings is 2. The molecule has 0 spiro atoms. The van der Waals surface area contributed by atoms with Gasteiger partial charge in [-0.15, -0.1) is 0 Å². The molecule has 21 heavy (non-hydrogen) atoms. The van der Waals surface area contributed by atoms with E-state index in [-0.39, 0.29) is 6.04 Å². The second-order valence-corrected chi connectivity index (χ2v) is 5.32. The third-order valence-corrected chi connectivity index (χ3v) is 3.76. The van der Waals surface area contributed by atoms with Gasteiger partial charge in [-0.2, -0.15) is 0 Å². The second kappa shape index (κ2) is 7.70. The molecule has 3 heteroatoms. The number of nitrogens with two attached hydrogens (primary N) is 1. The lowest BCUT2D eigenvalue weighted by molar-refractivity contribution is 0.415. The van der Waals surface area contributed by atoms with Crippen LogP contribution in [0.5, 0.6) is 5.75 Å². The lowest BCUT2D eigenvalue weighted by Crippen LogP contribution is -2.30. The predicted molar refractivity (Wildman–Crippen MR) is 88.9 cm³/mol. The average Bonchev–Trinajstić information content (AvgIpc) is 2.55. The Morgan fingerprint density at radius 2 is 1.71 bits per heavy atom. The quantitative estimate of drug-likeness (QED) is 0.816. The highest BCUT2D eigenvalue weighted by Gasteiger charge is 2.14. The van der Waals surface area contributed by atoms with Gasteiger partial charge in [0, 0.05) is 12.6 Å². The Hall–Kier alpha value is -2.00. The first-order valence-corrected chi connectivity index (χ1v) is 7.39. The fraction of sp³-hybridized carbons (Fsp3) is 0.333. The van der Waals surface area contributed by atoms with Crippen molar-refractivity contribution in [3.63, 3.8) is 0 Å². The monoisotopic (exact) mass is 284 g/mol. The highest BCUT2D eigenvalue weighted by Crippen LogP contribution is 2.26. The van der Waals surface area contributed by atoms with Crippen molar-refractivity contribution in [2.24, 2.45) is 5.73 Å². The third-order valence-electron chi connectivity index (χ3n) is 3.76. The molecule has 2 atom stereocenters. The molecule has 0 heterocycles. The molecule has 0 aliphatic heterocycles. The summed E-state index contributed by atoms with van der Waals surface area (Å²) in [6.07, 6.45) is 0.985. The van der Waals surface area contributed by atoms with Gasteiger partial charge >= 0.3 is 0 Å². The summed E-state index contributed by atoms with van der Waals surface area (Å²) in [5.74, 6) is 1.31. The van der Waals surface area contributed by atoms with E-state index in [9.17, 15) is 0 Å². The van der Waals surface area contributed by atoms with E-state index in [2.05, 4.69) is 36.5 Å². The van der Waals surface area contributed by atoms with Gasteiger partial charge in [0.2, 0.25) is 0 Å². The van der Waals surface area contributed by atoms with E-state index in [1.807, 2.05) is 30.3 Å². The van der Waals surface area contributed by atoms with Gasteiger partial charge in [-0.05, 0) is 30.0 Å². The summed E-state index contributed by atoms with van der Waals surface area (Å²) < 4.78 is 5.38. The minimum Gasteiger partial charge on any atom is -0.495 e. The topological polar surface area (TPSA) is 47.3 Å². The minimum atomic E-state index is 0.219. The molecule has 2 aromatic rings. The first kappa shape index (κ1) is 15.4. The van der Waals surface area contributed by atoms with Crippen molar-refractivity contribution in [2.45, 2.75) is 25.3 Å². The molecule has 0 bridgehead atoms. The highest BCUT2D eigenvalue weighted by atomic mass is 16.5. The van der Waals surface area contributed by atoms with E-state index in [0.717, 1.165) is 17.9 Å². The second-order valence-electron chi connectivity index (χ2n) is 5.32. The summed E-state index contributed by atoms with van der Waals surface area (Å²) in [6, 6.07) is 18.7. The van der Waals surface area contributed by atoms with Crippen molar-refractivity contribution < 1.29 is 4.74 Å². The molecule has 3 N–H and O–H groups in total. The van der Waals surface area contributed by atoms with Crippen molar-refractivity contribution >= 4 is 5.69 Å². The standard InChI is InChI=1S/C18H24N2O/c1-14(15-8-4-3-5-9-15)12-16(13-19)20-17-10-6-7-11-18(17)21-2/h3-11,14,16,20H,12-13,19H2,1-2H3. The van der Waals surface area contributed by atoms with E-state index in [0.29, 0.717) is 12.5 Å². The van der Waals surface area contributed by atoms with Crippen LogP contribution in [0.1, 0.15) is 24.8 Å². The van der Waals surface area contributed by atoms with Crippen LogP contribution in [0.2, 0.25) is 0 Å². The lowest BCUT2D eigenvalue weighted by Gasteiger charge is -2.23. The summed E-state index contributed by atoms with van der Waals surface area (Å²) in [6.45, 7) is 2.83. The molecule has 0 saturated carbocycles. The maximum Gasteiger partial charge on any atom is 0.141 e. The van der Waals surface area contributed by atoms with Crippen LogP contribution in [0.4, 0.5) is 5.69 Å². The van der Waals surface area contributed by atoms with Gasteiger partial charge in [-0.3, -0.25) is 0 Å². The van der Waals surface area contributed by atoms with E-state index in [4.69, 9.17) is 10.5 Å². The van der Waals surface area contributed by atoms with Gasteiger partial charge in [0.1, 0.15) is 5.75 Å². The minimum absolute atomic E-state index is 0.219. The Labute approximate surface area is 127 Å². The molecule has 2 aromatic carbocycles. The van der Waals surface area contributed by atoms with Gasteiger partial charge < -0.3 is 15.8 Å². The van der Waals surface area contributed by atoms with E-state index in [1.54, 1.807) is 7.11 Å². The molecular formula is C18H24N2O. The normalized spacial score (nSPS) is 13.5. The largest absolute Gasteiger partial charge is 0.495 e. The van der Waals surface area contributed by atoms with E-state index >= 15 is 0 Å². The van der Waals surface area contributed by atoms with Gasteiger partial charge in [0.05, 0.1) is 12.8 Å². The fourth-order valence-electron chi connectivity index (χ4n) is 2.54. The first-order valence-electron chi connectivity index (χ1n) is 7.39. The van der Waals surface area contributed by atoms with Crippen LogP contribution in [0, 0.1) is 0 Å². The number of nitrogens with one attached hydrogen (secondary N) is 1. The zero-order valence-electron chi connectivity index (χ0n) is 12.8. The molecule has 0 aliphatic rings. The Balaban J connectivity index is 2.03. The van der Waals surface area contributed by atoms with Gasteiger partial charge in [0.25, 0.3) is 0 Å². The van der Waals surface area contributed by atoms with E-state index < -0.39 is 0 Å². The third kappa shape index (κ3) is 4.23. The van der Waals surface area contributed by atoms with Crippen molar-refractivity contribution in [3.05, 3.63) is 60.2 Å². The molecule has 0 fully saturated rings. The van der Waals surface area contributed by atoms with Crippen molar-refractivity contribution in [1.29, 1.82) is 0 Å². The molecule has 112 valence electrons. The zero-order chi connectivity index (χ0) is 15.1. The number of para-hydroxylation sites is 2. The molecule has 2 unspecified atom stereocenters. The van der Waals surface area contributed by atoms with Gasteiger partial charge in [-0.25, -0.2) is 0 Å². The molecule has 0 aromatic heterocycles. The maximum absolute atomic E-state index is 5.94. The maximum atomic E-state index is 5.94. The van der Waals surface area contributed by atoms with Crippen LogP contribution in [0.15, 0.2) is 54.6 Å². The number of methoxy groups -OCH3 is 1. The number of ether oxygens (including phenoxy) is 1. The summed E-state index contributed by atoms with van der Waals surface area (Å²) in [4.78, 5) is 0. The van der Waals surface area contributed by atoms with Gasteiger partial charge in [0.15, 0.2) is 0 Å². The lowest BCUT2D eigenvalue weighted by atomic mass is 9.94. The summed E-state index contributed by atoms with van der Waals surface area (Å²) in [5, 5.41) is 3.50. The van der Waals surface area contributed by atoms with E-state index in [1.165, 1.54) is 5.56 Å². The van der Waals surface area contributed by atoms with Crippen LogP contribution in [-0.2, 0) is 0 Å². The predicted octanol–water partition coefficient (Wildman–Crippen LogP) is 3.63. The summed E-state index contributed by atoms with van der Waals surface area (Å²) in [7, 11) is 1.69. The van der Waals surface area contributed by atoms with Crippen LogP contribution >= 0.6 is 0 Å². The Kier molecular flexibility index (Phi) is 5.64. The summed E-state index contributed by atoms with van der Waals surface area (Å²) >= 11 is 0. The molecule has 0 aliphatic carbocycles. The van der Waals surface area contributed by atoms with Crippen LogP contribution in [0.25, 0.3) is 0 Å². The molecular weight excluding hydrogens is 260 g/mol. The fourth-order valence-corrected chi connectivity index (χ4v) is 2.54. The van der Waals surface area contributed by atoms with Gasteiger partial charge in [-0.1, -0.05) is 49.4 Å². The van der Waals surface area contributed by atoms with Crippen LogP contribution < -0.4 is 15.8 Å². The SMILES string of the molecule is COc1ccccc1NC(CN)CC(C)c1ccccc1. The number of hydrogen-bond acceptors (Lipinski definition) is 3. The Morgan fingerprint density at radius 1 is 1.05 bits per heavy atom. The smallest absolute Gasteiger partial charge is 0.141 e. The first-order chi connectivity index (χ1) is 10.2. The molecule has 0 amide bonds. The Bertz CT molecular complexity index is 542. The molecule has 0 radical (unpaired) electrons. The van der Waals surface area contributed by atoms with Crippen molar-refractivity contribution in [1.82, 2.24) is 0 Å². The van der Waals surface area contributed by atoms with Crippen molar-refractivity contribution in [2.75, 3.05) is 19.0 Å². The molecule has 2 rings (SSSR count). The number of hydrogen-bond donors (Lipinski definition) is 2. The van der Waals surface area contributed by atoms with Crippen LogP contribution in [0.3, 0.4) is 0 Å². The van der Waals surface area contributed by atoms with Crippen LogP contribution in [-0.4, -0.2) is 19.7 Å².